The van der Waals surface area contributed by atoms with Crippen LogP contribution in [0.25, 0.3) is 0 Å². The number of nitrogens with zero attached hydrogens (tertiary/aromatic N) is 1. The number of esters is 3. The molecule has 0 radical (unpaired) electrons. The lowest BCUT2D eigenvalue weighted by Crippen LogP contribution is -3.06. The van der Waals surface area contributed by atoms with Crippen LogP contribution in [0.2, 0.25) is 0 Å². The summed E-state index contributed by atoms with van der Waals surface area (Å²) < 4.78 is 17.4. The van der Waals surface area contributed by atoms with Crippen LogP contribution < -0.4 is 0 Å². The molecule has 6 saturated carbocycles. The molecule has 0 heterocycles. The molecule has 0 saturated heterocycles. The fraction of sp³-hybridized carbons (Fsp3) is 0.933. The van der Waals surface area contributed by atoms with Gasteiger partial charge in [-0.05, 0) is 106 Å². The van der Waals surface area contributed by atoms with Crippen LogP contribution in [0.15, 0.2) is 0 Å². The quantitative estimate of drug-likeness (QED) is 0.0371. The Labute approximate surface area is 317 Å². The molecule has 6 aliphatic rings. The number of carbonyl (C=O) groups excluding carboxylic acids is 3. The maximum absolute atomic E-state index is 12.4. The smallest absolute Gasteiger partial charge is 0.320 e. The normalized spacial score (nSPS) is 28.6. The number of rotatable bonds is 34. The number of likely N-dealkylation sites (N-methyl/N-ethyl adjacent to an activating group) is 1. The summed E-state index contributed by atoms with van der Waals surface area (Å²) in [4.78, 5) is 39.1. The Kier molecular flexibility index (Phi) is 16.7. The van der Waals surface area contributed by atoms with Crippen LogP contribution in [0.5, 0.6) is 0 Å². The second kappa shape index (κ2) is 20.9. The van der Waals surface area contributed by atoms with Crippen molar-refractivity contribution in [3.8, 4) is 0 Å². The van der Waals surface area contributed by atoms with E-state index < -0.39 is 0 Å². The van der Waals surface area contributed by atoms with E-state index in [0.29, 0.717) is 37.3 Å². The van der Waals surface area contributed by atoms with Crippen molar-refractivity contribution in [1.29, 1.82) is 0 Å². The van der Waals surface area contributed by atoms with E-state index in [-0.39, 0.29) is 24.0 Å². The largest absolute Gasteiger partial charge is 0.466 e. The molecule has 0 aliphatic heterocycles. The van der Waals surface area contributed by atoms with Crippen molar-refractivity contribution in [3.05, 3.63) is 0 Å². The van der Waals surface area contributed by atoms with Gasteiger partial charge in [0.1, 0.15) is 6.10 Å². The minimum atomic E-state index is -0.142. The fourth-order valence-corrected chi connectivity index (χ4v) is 11.9. The zero-order chi connectivity index (χ0) is 36.9. The van der Waals surface area contributed by atoms with Crippen LogP contribution in [-0.2, 0) is 28.6 Å². The number of hydrogen-bond acceptors (Lipinski definition) is 7. The molecule has 6 aliphatic carbocycles. The molecule has 0 bridgehead atoms. The number of carbonyl (C=O) groups is 3. The summed E-state index contributed by atoms with van der Waals surface area (Å²) in [7, 11) is 3.79. The molecule has 0 aromatic rings. The summed E-state index contributed by atoms with van der Waals surface area (Å²) in [6.45, 7) is 6.15. The van der Waals surface area contributed by atoms with Crippen molar-refractivity contribution in [3.63, 3.8) is 0 Å². The number of ether oxygens (including phenoxy) is 3. The zero-order valence-corrected chi connectivity index (χ0v) is 33.9. The van der Waals surface area contributed by atoms with Gasteiger partial charge in [-0.1, -0.05) is 117 Å². The molecule has 1 unspecified atom stereocenters. The van der Waals surface area contributed by atoms with Gasteiger partial charge in [0.2, 0.25) is 0 Å². The molecule has 0 aromatic heterocycles. The maximum Gasteiger partial charge on any atom is 0.320 e. The highest BCUT2D eigenvalue weighted by atomic mass is 16.5. The molecule has 0 spiro atoms. The van der Waals surface area contributed by atoms with Crippen LogP contribution in [-0.4, -0.2) is 62.8 Å². The highest BCUT2D eigenvalue weighted by Gasteiger charge is 3.04. The van der Waals surface area contributed by atoms with Gasteiger partial charge in [-0.15, -0.1) is 0 Å². The third kappa shape index (κ3) is 9.96. The van der Waals surface area contributed by atoms with Crippen molar-refractivity contribution < 1.29 is 28.6 Å². The first kappa shape index (κ1) is 41.5. The van der Waals surface area contributed by atoms with Crippen LogP contribution in [0.3, 0.4) is 0 Å². The average molecular weight is 728 g/mol. The number of unbranched alkanes of at least 4 members (excludes halogenated alkanes) is 14. The van der Waals surface area contributed by atoms with Crippen molar-refractivity contribution in [1.82, 2.24) is 4.90 Å². The third-order valence-corrected chi connectivity index (χ3v) is 14.4. The van der Waals surface area contributed by atoms with E-state index in [1.165, 1.54) is 64.2 Å². The minimum absolute atomic E-state index is 0.0155. The van der Waals surface area contributed by atoms with Crippen LogP contribution in [0, 0.1) is 52.8 Å². The Bertz CT molecular complexity index is 1040. The van der Waals surface area contributed by atoms with Crippen molar-refractivity contribution in [2.45, 2.75) is 180 Å². The molecule has 0 N–H and O–H groups in total. The number of hydrogen-bond donors (Lipinski definition) is 0. The first-order valence-electron chi connectivity index (χ1n) is 22.5. The summed E-state index contributed by atoms with van der Waals surface area (Å²) in [5.74, 6) is 7.62. The second-order valence-corrected chi connectivity index (χ2v) is 18.2. The van der Waals surface area contributed by atoms with Gasteiger partial charge in [0, 0.05) is 18.3 Å². The van der Waals surface area contributed by atoms with Crippen molar-refractivity contribution >= 4 is 17.9 Å². The Hall–Kier alpha value is -1.63. The molecule has 0 amide bonds. The lowest BCUT2D eigenvalue weighted by atomic mass is 8.97. The molecule has 52 heavy (non-hydrogen) atoms. The highest BCUT2D eigenvalue weighted by molar-refractivity contribution is 5.71. The second-order valence-electron chi connectivity index (χ2n) is 18.2. The first-order valence-corrected chi connectivity index (χ1v) is 22.5. The summed E-state index contributed by atoms with van der Waals surface area (Å²) in [6.07, 6.45) is 27.3. The summed E-state index contributed by atoms with van der Waals surface area (Å²) in [5, 5.41) is 0. The summed E-state index contributed by atoms with van der Waals surface area (Å²) in [6, 6.07) is 0. The van der Waals surface area contributed by atoms with Gasteiger partial charge in [-0.2, -0.15) is 0 Å². The van der Waals surface area contributed by atoms with E-state index in [9.17, 15) is 14.4 Å². The van der Waals surface area contributed by atoms with E-state index in [1.54, 1.807) is 0 Å². The van der Waals surface area contributed by atoms with Crippen LogP contribution >= 0.6 is 0 Å². The van der Waals surface area contributed by atoms with Crippen LogP contribution in [0.4, 0.5) is 0 Å². The van der Waals surface area contributed by atoms with Crippen molar-refractivity contribution in [2.24, 2.45) is 52.8 Å². The lowest BCUT2D eigenvalue weighted by molar-refractivity contribution is -0.617. The van der Waals surface area contributed by atoms with E-state index in [1.807, 2.05) is 19.0 Å². The van der Waals surface area contributed by atoms with E-state index >= 15 is 0 Å². The van der Waals surface area contributed by atoms with Gasteiger partial charge < -0.3 is 14.2 Å². The Morgan fingerprint density at radius 1 is 0.538 bits per heavy atom. The van der Waals surface area contributed by atoms with Gasteiger partial charge in [-0.3, -0.25) is 19.3 Å². The standard InChI is InChI=1S/C45H77NO6/c1-5-7-9-17-23-33(24-18-10-8-6-2)29-30-50-35(47)27-21-15-11-13-19-25-34(52-37(49)31-46(3)4)26-20-14-12-16-22-28-36(48)51-32-45-42-39-38-40(42)44(45)41(38)43(39)45/h33-34,38-44H,5-32H2,1-4H3. The minimum Gasteiger partial charge on any atom is -0.466 e. The Morgan fingerprint density at radius 2 is 1.00 bits per heavy atom. The zero-order valence-electron chi connectivity index (χ0n) is 33.9. The predicted octanol–water partition coefficient (Wildman–Crippen LogP) is 10.3. The van der Waals surface area contributed by atoms with E-state index in [4.69, 9.17) is 14.2 Å². The van der Waals surface area contributed by atoms with Gasteiger partial charge >= 0.3 is 17.9 Å². The van der Waals surface area contributed by atoms with Gasteiger partial charge in [0.05, 0.1) is 19.8 Å². The Balaban J connectivity index is 0.842. The maximum atomic E-state index is 12.4. The molecule has 6 fully saturated rings. The summed E-state index contributed by atoms with van der Waals surface area (Å²) >= 11 is 0. The molecule has 7 heteroatoms. The molecule has 7 nitrogen and oxygen atoms in total. The van der Waals surface area contributed by atoms with Crippen molar-refractivity contribution in [2.75, 3.05) is 33.9 Å². The van der Waals surface area contributed by atoms with Crippen LogP contribution in [0.1, 0.15) is 174 Å². The lowest BCUT2D eigenvalue weighted by Gasteiger charge is -3.07. The molecular weight excluding hydrogens is 650 g/mol. The van der Waals surface area contributed by atoms with Gasteiger partial charge in [0.15, 0.2) is 0 Å². The van der Waals surface area contributed by atoms with E-state index in [0.717, 1.165) is 132 Å². The Morgan fingerprint density at radius 3 is 1.52 bits per heavy atom. The van der Waals surface area contributed by atoms with E-state index in [2.05, 4.69) is 13.8 Å². The molecule has 6 rings (SSSR count). The average Bonchev–Trinajstić information content (AvgIpc) is 3.12. The molecule has 1 atom stereocenters. The fourth-order valence-electron chi connectivity index (χ4n) is 11.9. The van der Waals surface area contributed by atoms with Gasteiger partial charge in [-0.25, -0.2) is 0 Å². The molecule has 298 valence electrons. The molecular formula is C45H77NO6. The monoisotopic (exact) mass is 728 g/mol. The molecule has 0 aromatic carbocycles. The first-order chi connectivity index (χ1) is 25.3. The predicted molar refractivity (Wildman–Crippen MR) is 207 cm³/mol. The third-order valence-electron chi connectivity index (χ3n) is 14.4. The highest BCUT2D eigenvalue weighted by Crippen LogP contribution is 3.05. The SMILES string of the molecule is CCCCCCC(CCCCCC)CCOC(=O)CCCCCCCC(CCCCCCCC(=O)OCC12C3C4C5C3C1C5C42)OC(=O)CN(C)C. The summed E-state index contributed by atoms with van der Waals surface area (Å²) in [5.41, 5.74) is 0.469. The topological polar surface area (TPSA) is 82.1 Å². The van der Waals surface area contributed by atoms with Gasteiger partial charge in [0.25, 0.3) is 0 Å².